The number of ether oxygens (including phenoxy) is 1. The predicted octanol–water partition coefficient (Wildman–Crippen LogP) is 4.28. The Labute approximate surface area is 204 Å². The minimum absolute atomic E-state index is 0.0880. The van der Waals surface area contributed by atoms with Gasteiger partial charge in [0.05, 0.1) is 29.7 Å². The molecule has 35 heavy (non-hydrogen) atoms. The lowest BCUT2D eigenvalue weighted by Crippen LogP contribution is -2.18. The number of hydrogen-bond acceptors (Lipinski definition) is 6. The third-order valence-electron chi connectivity index (χ3n) is 6.22. The van der Waals surface area contributed by atoms with E-state index < -0.39 is 9.84 Å². The SMILES string of the molecule is COc1cc(C=Cc2nc3n(n2)CCC[C@@H]3c2ccc(S(C)(=O)=O)cc2)ccc1-n1cnc(C)c1. The summed E-state index contributed by atoms with van der Waals surface area (Å²) in [7, 11) is -1.56. The molecule has 1 aliphatic rings. The Kier molecular flexibility index (Phi) is 6.02. The van der Waals surface area contributed by atoms with Crippen LogP contribution in [-0.2, 0) is 16.4 Å². The minimum atomic E-state index is -3.22. The van der Waals surface area contributed by atoms with Gasteiger partial charge in [-0.25, -0.2) is 23.1 Å². The lowest BCUT2D eigenvalue weighted by molar-refractivity contribution is 0.413. The quantitative estimate of drug-likeness (QED) is 0.401. The summed E-state index contributed by atoms with van der Waals surface area (Å²) in [5.74, 6) is 2.39. The highest BCUT2D eigenvalue weighted by molar-refractivity contribution is 7.90. The van der Waals surface area contributed by atoms with Gasteiger partial charge in [0.2, 0.25) is 0 Å². The second-order valence-corrected chi connectivity index (χ2v) is 10.8. The van der Waals surface area contributed by atoms with Gasteiger partial charge in [-0.2, -0.15) is 5.10 Å². The fourth-order valence-electron chi connectivity index (χ4n) is 4.44. The second kappa shape index (κ2) is 9.14. The highest BCUT2D eigenvalue weighted by Crippen LogP contribution is 2.33. The van der Waals surface area contributed by atoms with E-state index in [0.717, 1.165) is 53.5 Å². The van der Waals surface area contributed by atoms with Gasteiger partial charge in [-0.05, 0) is 61.2 Å². The number of hydrogen-bond donors (Lipinski definition) is 0. The van der Waals surface area contributed by atoms with E-state index in [9.17, 15) is 8.42 Å². The van der Waals surface area contributed by atoms with E-state index in [1.165, 1.54) is 6.26 Å². The molecule has 1 atom stereocenters. The Morgan fingerprint density at radius 2 is 1.91 bits per heavy atom. The van der Waals surface area contributed by atoms with E-state index in [2.05, 4.69) is 10.1 Å². The molecule has 0 aliphatic carbocycles. The van der Waals surface area contributed by atoms with Crippen molar-refractivity contribution >= 4 is 22.0 Å². The topological polar surface area (TPSA) is 91.9 Å². The van der Waals surface area contributed by atoms with E-state index in [4.69, 9.17) is 9.72 Å². The fraction of sp³-hybridized carbons (Fsp3) is 0.269. The first kappa shape index (κ1) is 23.0. The van der Waals surface area contributed by atoms with Crippen molar-refractivity contribution in [3.63, 3.8) is 0 Å². The summed E-state index contributed by atoms with van der Waals surface area (Å²) in [6.45, 7) is 2.77. The molecule has 0 spiro atoms. The number of aromatic nitrogens is 5. The van der Waals surface area contributed by atoms with Crippen molar-refractivity contribution < 1.29 is 13.2 Å². The third kappa shape index (κ3) is 4.77. The summed E-state index contributed by atoms with van der Waals surface area (Å²) in [6, 6.07) is 13.1. The number of methoxy groups -OCH3 is 1. The maximum atomic E-state index is 11.8. The highest BCUT2D eigenvalue weighted by Gasteiger charge is 2.25. The Morgan fingerprint density at radius 3 is 2.60 bits per heavy atom. The largest absolute Gasteiger partial charge is 0.495 e. The zero-order chi connectivity index (χ0) is 24.6. The number of benzene rings is 2. The Hall–Kier alpha value is -3.72. The Morgan fingerprint density at radius 1 is 1.11 bits per heavy atom. The summed E-state index contributed by atoms with van der Waals surface area (Å²) >= 11 is 0. The first-order chi connectivity index (χ1) is 16.8. The molecule has 2 aromatic carbocycles. The predicted molar refractivity (Wildman–Crippen MR) is 134 cm³/mol. The van der Waals surface area contributed by atoms with E-state index in [-0.39, 0.29) is 5.92 Å². The van der Waals surface area contributed by atoms with Crippen LogP contribution in [0.4, 0.5) is 0 Å². The van der Waals surface area contributed by atoms with E-state index in [0.29, 0.717) is 10.7 Å². The van der Waals surface area contributed by atoms with Crippen molar-refractivity contribution in [3.05, 3.63) is 83.5 Å². The first-order valence-corrected chi connectivity index (χ1v) is 13.3. The number of aryl methyl sites for hydroxylation is 2. The summed E-state index contributed by atoms with van der Waals surface area (Å²) in [5.41, 5.74) is 3.89. The molecule has 0 amide bonds. The van der Waals surface area contributed by atoms with Crippen molar-refractivity contribution in [1.82, 2.24) is 24.3 Å². The van der Waals surface area contributed by atoms with Crippen LogP contribution in [0.3, 0.4) is 0 Å². The molecule has 2 aromatic heterocycles. The van der Waals surface area contributed by atoms with Gasteiger partial charge < -0.3 is 9.30 Å². The van der Waals surface area contributed by atoms with Crippen LogP contribution < -0.4 is 4.74 Å². The molecular weight excluding hydrogens is 462 g/mol. The normalized spacial score (nSPS) is 15.9. The molecular formula is C26H27N5O3S. The summed E-state index contributed by atoms with van der Waals surface area (Å²) in [5, 5.41) is 4.69. The van der Waals surface area contributed by atoms with Crippen molar-refractivity contribution in [2.45, 2.75) is 37.1 Å². The zero-order valence-electron chi connectivity index (χ0n) is 19.9. The molecule has 5 rings (SSSR count). The van der Waals surface area contributed by atoms with E-state index in [1.54, 1.807) is 25.6 Å². The molecule has 0 unspecified atom stereocenters. The molecule has 0 bridgehead atoms. The third-order valence-corrected chi connectivity index (χ3v) is 7.35. The fourth-order valence-corrected chi connectivity index (χ4v) is 5.07. The van der Waals surface area contributed by atoms with Crippen molar-refractivity contribution in [2.24, 2.45) is 0 Å². The number of sulfone groups is 1. The van der Waals surface area contributed by atoms with Gasteiger partial charge >= 0.3 is 0 Å². The highest BCUT2D eigenvalue weighted by atomic mass is 32.2. The van der Waals surface area contributed by atoms with Gasteiger partial charge in [0.25, 0.3) is 0 Å². The molecule has 0 saturated heterocycles. The summed E-state index contributed by atoms with van der Waals surface area (Å²) in [4.78, 5) is 9.42. The lowest BCUT2D eigenvalue weighted by Gasteiger charge is -2.22. The minimum Gasteiger partial charge on any atom is -0.495 e. The molecule has 3 heterocycles. The molecule has 1 aliphatic heterocycles. The van der Waals surface area contributed by atoms with Crippen LogP contribution >= 0.6 is 0 Å². The Bertz CT molecular complexity index is 1500. The van der Waals surface area contributed by atoms with Crippen molar-refractivity contribution in [2.75, 3.05) is 13.4 Å². The van der Waals surface area contributed by atoms with Crippen molar-refractivity contribution in [3.8, 4) is 11.4 Å². The van der Waals surface area contributed by atoms with Gasteiger partial charge in [-0.3, -0.25) is 0 Å². The smallest absolute Gasteiger partial charge is 0.175 e. The number of rotatable bonds is 6. The monoisotopic (exact) mass is 489 g/mol. The average molecular weight is 490 g/mol. The second-order valence-electron chi connectivity index (χ2n) is 8.77. The van der Waals surface area contributed by atoms with Crippen LogP contribution in [0.15, 0.2) is 59.9 Å². The molecule has 4 aromatic rings. The molecule has 0 N–H and O–H groups in total. The molecule has 8 nitrogen and oxygen atoms in total. The van der Waals surface area contributed by atoms with Gasteiger partial charge in [0.15, 0.2) is 15.7 Å². The number of nitrogens with zero attached hydrogens (tertiary/aromatic N) is 5. The van der Waals surface area contributed by atoms with Crippen LogP contribution in [-0.4, -0.2) is 46.1 Å². The first-order valence-electron chi connectivity index (χ1n) is 11.4. The van der Waals surface area contributed by atoms with Crippen LogP contribution in [0.1, 0.15) is 47.2 Å². The average Bonchev–Trinajstić information content (AvgIpc) is 3.47. The molecule has 0 radical (unpaired) electrons. The molecule has 180 valence electrons. The number of fused-ring (bicyclic) bond motifs is 1. The Balaban J connectivity index is 1.39. The van der Waals surface area contributed by atoms with E-state index in [1.807, 2.05) is 64.9 Å². The van der Waals surface area contributed by atoms with Crippen LogP contribution in [0.5, 0.6) is 5.75 Å². The standard InChI is InChI=1S/C26H27N5O3S/c1-18-16-30(17-27-18)23-12-6-19(15-24(23)34-2)7-13-25-28-26-22(5-4-14-31(26)29-25)20-8-10-21(11-9-20)35(3,32)33/h6-13,15-17,22H,4-5,14H2,1-3H3/t22-/m1/s1. The van der Waals surface area contributed by atoms with Crippen LogP contribution in [0.25, 0.3) is 17.8 Å². The van der Waals surface area contributed by atoms with Gasteiger partial charge in [0.1, 0.15) is 11.6 Å². The van der Waals surface area contributed by atoms with Crippen LogP contribution in [0, 0.1) is 6.92 Å². The zero-order valence-corrected chi connectivity index (χ0v) is 20.7. The molecule has 0 fully saturated rings. The maximum Gasteiger partial charge on any atom is 0.175 e. The summed E-state index contributed by atoms with van der Waals surface area (Å²) in [6.07, 6.45) is 10.8. The molecule has 9 heteroatoms. The maximum absolute atomic E-state index is 11.8. The lowest BCUT2D eigenvalue weighted by atomic mass is 9.91. The van der Waals surface area contributed by atoms with Crippen molar-refractivity contribution in [1.29, 1.82) is 0 Å². The van der Waals surface area contributed by atoms with E-state index >= 15 is 0 Å². The number of imidazole rings is 1. The van der Waals surface area contributed by atoms with Gasteiger partial charge in [0, 0.05) is 24.9 Å². The van der Waals surface area contributed by atoms with Crippen LogP contribution in [0.2, 0.25) is 0 Å². The van der Waals surface area contributed by atoms with Gasteiger partial charge in [-0.1, -0.05) is 24.3 Å². The molecule has 0 saturated carbocycles. The summed E-state index contributed by atoms with van der Waals surface area (Å²) < 4.78 is 33.1. The van der Waals surface area contributed by atoms with Gasteiger partial charge in [-0.15, -0.1) is 0 Å².